The Balaban J connectivity index is 2.08. The molecular formula is C13H19N3O2. The second-order valence-corrected chi connectivity index (χ2v) is 5.15. The minimum absolute atomic E-state index is 0.120. The van der Waals surface area contributed by atoms with Gasteiger partial charge in [-0.05, 0) is 24.8 Å². The van der Waals surface area contributed by atoms with Crippen molar-refractivity contribution in [2.24, 2.45) is 5.92 Å². The summed E-state index contributed by atoms with van der Waals surface area (Å²) in [6.45, 7) is 2.22. The van der Waals surface area contributed by atoms with Crippen LogP contribution in [0.1, 0.15) is 43.1 Å². The van der Waals surface area contributed by atoms with Crippen LogP contribution in [0, 0.1) is 5.92 Å². The molecular weight excluding hydrogens is 230 g/mol. The number of carbonyl (C=O) groups excluding carboxylic acids is 1. The van der Waals surface area contributed by atoms with Crippen molar-refractivity contribution in [3.05, 3.63) is 28.2 Å². The molecule has 0 radical (unpaired) electrons. The molecule has 1 aliphatic carbocycles. The topological polar surface area (TPSA) is 66.1 Å². The van der Waals surface area contributed by atoms with Crippen molar-refractivity contribution in [2.45, 2.75) is 38.6 Å². The average Bonchev–Trinajstić information content (AvgIpc) is 2.38. The Morgan fingerprint density at radius 3 is 2.83 bits per heavy atom. The van der Waals surface area contributed by atoms with Gasteiger partial charge in [0.15, 0.2) is 0 Å². The normalized spacial score (nSPS) is 23.7. The van der Waals surface area contributed by atoms with Crippen LogP contribution in [0.25, 0.3) is 0 Å². The SMILES string of the molecule is CC1CCCC(N(C)C(=O)c2ccc(=O)[nH]n2)C1. The number of amides is 1. The molecule has 1 heterocycles. The van der Waals surface area contributed by atoms with E-state index in [0.29, 0.717) is 11.6 Å². The van der Waals surface area contributed by atoms with Gasteiger partial charge in [0.25, 0.3) is 11.5 Å². The van der Waals surface area contributed by atoms with Gasteiger partial charge in [0.2, 0.25) is 0 Å². The summed E-state index contributed by atoms with van der Waals surface area (Å²) in [6.07, 6.45) is 4.51. The fraction of sp³-hybridized carbons (Fsp3) is 0.615. The van der Waals surface area contributed by atoms with Crippen molar-refractivity contribution in [1.82, 2.24) is 15.1 Å². The van der Waals surface area contributed by atoms with Crippen molar-refractivity contribution in [1.29, 1.82) is 0 Å². The van der Waals surface area contributed by atoms with E-state index in [9.17, 15) is 9.59 Å². The monoisotopic (exact) mass is 249 g/mol. The van der Waals surface area contributed by atoms with Crippen LogP contribution in [-0.2, 0) is 0 Å². The van der Waals surface area contributed by atoms with Crippen LogP contribution >= 0.6 is 0 Å². The summed E-state index contributed by atoms with van der Waals surface area (Å²) in [5.74, 6) is 0.549. The van der Waals surface area contributed by atoms with Gasteiger partial charge in [-0.25, -0.2) is 5.10 Å². The molecule has 1 amide bonds. The van der Waals surface area contributed by atoms with E-state index >= 15 is 0 Å². The van der Waals surface area contributed by atoms with E-state index in [1.807, 2.05) is 7.05 Å². The first-order valence-electron chi connectivity index (χ1n) is 6.41. The van der Waals surface area contributed by atoms with Crippen LogP contribution in [0.15, 0.2) is 16.9 Å². The van der Waals surface area contributed by atoms with Crippen LogP contribution in [0.4, 0.5) is 0 Å². The summed E-state index contributed by atoms with van der Waals surface area (Å²) in [7, 11) is 1.82. The second-order valence-electron chi connectivity index (χ2n) is 5.15. The maximum atomic E-state index is 12.2. The van der Waals surface area contributed by atoms with Gasteiger partial charge in [-0.1, -0.05) is 19.8 Å². The molecule has 1 aromatic rings. The molecule has 2 unspecified atom stereocenters. The van der Waals surface area contributed by atoms with Crippen LogP contribution in [-0.4, -0.2) is 34.1 Å². The number of nitrogens with zero attached hydrogens (tertiary/aromatic N) is 2. The fourth-order valence-corrected chi connectivity index (χ4v) is 2.56. The Morgan fingerprint density at radius 2 is 2.22 bits per heavy atom. The first kappa shape index (κ1) is 12.8. The molecule has 1 fully saturated rings. The third-order valence-electron chi connectivity index (χ3n) is 3.68. The molecule has 98 valence electrons. The largest absolute Gasteiger partial charge is 0.337 e. The van der Waals surface area contributed by atoms with E-state index in [1.165, 1.54) is 25.0 Å². The smallest absolute Gasteiger partial charge is 0.274 e. The van der Waals surface area contributed by atoms with Gasteiger partial charge in [-0.3, -0.25) is 9.59 Å². The summed E-state index contributed by atoms with van der Waals surface area (Å²) in [5.41, 5.74) is 0.0100. The fourth-order valence-electron chi connectivity index (χ4n) is 2.56. The zero-order valence-electron chi connectivity index (χ0n) is 10.8. The molecule has 0 saturated heterocycles. The number of H-pyrrole nitrogens is 1. The molecule has 1 saturated carbocycles. The maximum Gasteiger partial charge on any atom is 0.274 e. The van der Waals surface area contributed by atoms with E-state index < -0.39 is 0 Å². The summed E-state index contributed by atoms with van der Waals surface area (Å²) < 4.78 is 0. The second kappa shape index (κ2) is 5.33. The van der Waals surface area contributed by atoms with Crippen molar-refractivity contribution in [3.8, 4) is 0 Å². The summed E-state index contributed by atoms with van der Waals surface area (Å²) in [5, 5.41) is 6.08. The van der Waals surface area contributed by atoms with Gasteiger partial charge in [0.05, 0.1) is 0 Å². The molecule has 18 heavy (non-hydrogen) atoms. The van der Waals surface area contributed by atoms with Crippen LogP contribution in [0.5, 0.6) is 0 Å². The lowest BCUT2D eigenvalue weighted by Gasteiger charge is -2.33. The van der Waals surface area contributed by atoms with E-state index in [1.54, 1.807) is 4.90 Å². The molecule has 0 aromatic carbocycles. The molecule has 1 aliphatic rings. The molecule has 0 aliphatic heterocycles. The Morgan fingerprint density at radius 1 is 1.44 bits per heavy atom. The van der Waals surface area contributed by atoms with Crippen molar-refractivity contribution in [3.63, 3.8) is 0 Å². The Labute approximate surface area is 106 Å². The first-order chi connectivity index (χ1) is 8.58. The molecule has 5 heteroatoms. The highest BCUT2D eigenvalue weighted by atomic mass is 16.2. The van der Waals surface area contributed by atoms with Crippen LogP contribution in [0.3, 0.4) is 0 Å². The lowest BCUT2D eigenvalue weighted by Crippen LogP contribution is -2.40. The highest BCUT2D eigenvalue weighted by Crippen LogP contribution is 2.27. The Kier molecular flexibility index (Phi) is 3.79. The number of rotatable bonds is 2. The lowest BCUT2D eigenvalue weighted by molar-refractivity contribution is 0.0665. The summed E-state index contributed by atoms with van der Waals surface area (Å²) >= 11 is 0. The predicted octanol–water partition coefficient (Wildman–Crippen LogP) is 1.42. The van der Waals surface area contributed by atoms with E-state index in [0.717, 1.165) is 12.8 Å². The molecule has 1 aromatic heterocycles. The minimum Gasteiger partial charge on any atom is -0.337 e. The zero-order chi connectivity index (χ0) is 13.1. The highest BCUT2D eigenvalue weighted by molar-refractivity contribution is 5.92. The summed E-state index contributed by atoms with van der Waals surface area (Å²) in [6, 6.07) is 3.09. The zero-order valence-corrected chi connectivity index (χ0v) is 10.8. The third-order valence-corrected chi connectivity index (χ3v) is 3.68. The van der Waals surface area contributed by atoms with Gasteiger partial charge >= 0.3 is 0 Å². The Bertz CT molecular complexity index is 463. The van der Waals surface area contributed by atoms with Crippen LogP contribution < -0.4 is 5.56 Å². The maximum absolute atomic E-state index is 12.2. The standard InChI is InChI=1S/C13H19N3O2/c1-9-4-3-5-10(8-9)16(2)13(18)11-6-7-12(17)15-14-11/h6-7,9-10H,3-5,8H2,1-2H3,(H,15,17). The predicted molar refractivity (Wildman–Crippen MR) is 68.4 cm³/mol. The van der Waals surface area contributed by atoms with Gasteiger partial charge in [-0.15, -0.1) is 0 Å². The number of nitrogens with one attached hydrogen (secondary N) is 1. The lowest BCUT2D eigenvalue weighted by atomic mass is 9.86. The summed E-state index contributed by atoms with van der Waals surface area (Å²) in [4.78, 5) is 24.9. The van der Waals surface area contributed by atoms with Crippen molar-refractivity contribution >= 4 is 5.91 Å². The molecule has 0 spiro atoms. The van der Waals surface area contributed by atoms with Gasteiger partial charge in [0, 0.05) is 19.2 Å². The third kappa shape index (κ3) is 2.78. The number of carbonyl (C=O) groups is 1. The molecule has 1 N–H and O–H groups in total. The number of hydrogen-bond donors (Lipinski definition) is 1. The molecule has 2 rings (SSSR count). The molecule has 2 atom stereocenters. The van der Waals surface area contributed by atoms with Crippen molar-refractivity contribution < 1.29 is 4.79 Å². The van der Waals surface area contributed by atoms with E-state index in [4.69, 9.17) is 0 Å². The minimum atomic E-state index is -0.291. The number of hydrogen-bond acceptors (Lipinski definition) is 3. The Hall–Kier alpha value is -1.65. The van der Waals surface area contributed by atoms with E-state index in [2.05, 4.69) is 17.1 Å². The van der Waals surface area contributed by atoms with Gasteiger partial charge in [-0.2, -0.15) is 5.10 Å². The number of aromatic amines is 1. The van der Waals surface area contributed by atoms with Crippen molar-refractivity contribution in [2.75, 3.05) is 7.05 Å². The quantitative estimate of drug-likeness (QED) is 0.862. The molecule has 0 bridgehead atoms. The number of aromatic nitrogens is 2. The van der Waals surface area contributed by atoms with Gasteiger partial charge < -0.3 is 4.90 Å². The average molecular weight is 249 g/mol. The molecule has 5 nitrogen and oxygen atoms in total. The first-order valence-corrected chi connectivity index (χ1v) is 6.41. The van der Waals surface area contributed by atoms with E-state index in [-0.39, 0.29) is 17.5 Å². The highest BCUT2D eigenvalue weighted by Gasteiger charge is 2.26. The van der Waals surface area contributed by atoms with Crippen LogP contribution in [0.2, 0.25) is 0 Å². The van der Waals surface area contributed by atoms with Gasteiger partial charge in [0.1, 0.15) is 5.69 Å².